The number of hydrogen-bond acceptors (Lipinski definition) is 4. The van der Waals surface area contributed by atoms with E-state index >= 15 is 0 Å². The van der Waals surface area contributed by atoms with Gasteiger partial charge in [-0.25, -0.2) is 4.79 Å². The van der Waals surface area contributed by atoms with Crippen LogP contribution in [0.3, 0.4) is 0 Å². The van der Waals surface area contributed by atoms with Gasteiger partial charge in [0.1, 0.15) is 11.4 Å². The number of carbonyl (C=O) groups excluding carboxylic acids is 1. The van der Waals surface area contributed by atoms with Crippen LogP contribution in [0.15, 0.2) is 24.3 Å². The molecule has 0 bridgehead atoms. The molecule has 0 aliphatic carbocycles. The molecular formula is C18H28N2O3. The first-order valence-corrected chi connectivity index (χ1v) is 8.32. The van der Waals surface area contributed by atoms with Crippen LogP contribution < -0.4 is 15.0 Å². The second-order valence-corrected chi connectivity index (χ2v) is 6.91. The second kappa shape index (κ2) is 7.57. The summed E-state index contributed by atoms with van der Waals surface area (Å²) in [4.78, 5) is 14.0. The van der Waals surface area contributed by atoms with Crippen LogP contribution >= 0.6 is 0 Å². The van der Waals surface area contributed by atoms with Crippen LogP contribution in [0.4, 0.5) is 10.5 Å². The van der Waals surface area contributed by atoms with E-state index in [2.05, 4.69) is 22.3 Å². The molecule has 1 saturated heterocycles. The number of amides is 1. The van der Waals surface area contributed by atoms with Gasteiger partial charge in [0.25, 0.3) is 0 Å². The van der Waals surface area contributed by atoms with Crippen molar-refractivity contribution < 1.29 is 14.3 Å². The van der Waals surface area contributed by atoms with E-state index in [-0.39, 0.29) is 6.09 Å². The number of alkyl carbamates (subject to hydrolysis) is 1. The van der Waals surface area contributed by atoms with Crippen molar-refractivity contribution in [1.82, 2.24) is 5.32 Å². The number of nitrogens with zero attached hydrogens (tertiary/aromatic N) is 1. The number of anilines is 1. The van der Waals surface area contributed by atoms with Crippen molar-refractivity contribution in [1.29, 1.82) is 0 Å². The highest BCUT2D eigenvalue weighted by Crippen LogP contribution is 2.25. The lowest BCUT2D eigenvalue weighted by molar-refractivity contribution is 0.0520. The van der Waals surface area contributed by atoms with Crippen molar-refractivity contribution in [3.8, 4) is 5.75 Å². The fourth-order valence-corrected chi connectivity index (χ4v) is 2.70. The summed E-state index contributed by atoms with van der Waals surface area (Å²) in [7, 11) is 0. The van der Waals surface area contributed by atoms with Crippen molar-refractivity contribution in [2.75, 3.05) is 31.1 Å². The minimum absolute atomic E-state index is 0.336. The van der Waals surface area contributed by atoms with Crippen LogP contribution in [0.5, 0.6) is 5.75 Å². The van der Waals surface area contributed by atoms with Gasteiger partial charge in [0.2, 0.25) is 0 Å². The normalized spacial score (nSPS) is 17.9. The third-order valence-corrected chi connectivity index (χ3v) is 3.73. The molecule has 128 valence electrons. The number of benzene rings is 1. The summed E-state index contributed by atoms with van der Waals surface area (Å²) in [6.45, 7) is 10.9. The van der Waals surface area contributed by atoms with Crippen molar-refractivity contribution in [2.45, 2.75) is 39.7 Å². The average Bonchev–Trinajstić information content (AvgIpc) is 2.93. The largest absolute Gasteiger partial charge is 0.494 e. The van der Waals surface area contributed by atoms with Crippen LogP contribution in [-0.4, -0.2) is 37.9 Å². The van der Waals surface area contributed by atoms with Gasteiger partial charge in [-0.05, 0) is 64.3 Å². The molecule has 5 nitrogen and oxygen atoms in total. The maximum Gasteiger partial charge on any atom is 0.407 e. The van der Waals surface area contributed by atoms with Crippen LogP contribution in [0.25, 0.3) is 0 Å². The van der Waals surface area contributed by atoms with E-state index in [0.717, 1.165) is 25.3 Å². The zero-order chi connectivity index (χ0) is 16.9. The summed E-state index contributed by atoms with van der Waals surface area (Å²) in [6.07, 6.45) is 0.736. The van der Waals surface area contributed by atoms with E-state index in [9.17, 15) is 4.79 Å². The molecule has 1 unspecified atom stereocenters. The third kappa shape index (κ3) is 5.66. The van der Waals surface area contributed by atoms with Gasteiger partial charge < -0.3 is 19.7 Å². The van der Waals surface area contributed by atoms with E-state index in [1.807, 2.05) is 39.8 Å². The standard InChI is InChI=1S/C18H28N2O3/c1-5-22-16-8-6-15(7-9-16)20-11-10-14(13-20)12-19-17(21)23-18(2,3)4/h6-9,14H,5,10-13H2,1-4H3,(H,19,21). The van der Waals surface area contributed by atoms with Crippen molar-refractivity contribution in [2.24, 2.45) is 5.92 Å². The Balaban J connectivity index is 1.78. The number of ether oxygens (including phenoxy) is 2. The Morgan fingerprint density at radius 2 is 2.00 bits per heavy atom. The Morgan fingerprint density at radius 1 is 1.30 bits per heavy atom. The smallest absolute Gasteiger partial charge is 0.407 e. The summed E-state index contributed by atoms with van der Waals surface area (Å²) in [5.41, 5.74) is 0.752. The Kier molecular flexibility index (Phi) is 5.74. The quantitative estimate of drug-likeness (QED) is 0.903. The zero-order valence-electron chi connectivity index (χ0n) is 14.6. The molecule has 23 heavy (non-hydrogen) atoms. The molecule has 1 atom stereocenters. The lowest BCUT2D eigenvalue weighted by Crippen LogP contribution is -2.36. The first-order chi connectivity index (χ1) is 10.9. The molecule has 1 aromatic carbocycles. The summed E-state index contributed by atoms with van der Waals surface area (Å²) < 4.78 is 10.7. The molecule has 1 aliphatic heterocycles. The maximum atomic E-state index is 11.7. The zero-order valence-corrected chi connectivity index (χ0v) is 14.6. The minimum Gasteiger partial charge on any atom is -0.494 e. The van der Waals surface area contributed by atoms with Crippen LogP contribution in [0.2, 0.25) is 0 Å². The van der Waals surface area contributed by atoms with Gasteiger partial charge in [-0.1, -0.05) is 0 Å². The summed E-state index contributed by atoms with van der Waals surface area (Å²) in [5, 5.41) is 2.87. The lowest BCUT2D eigenvalue weighted by atomic mass is 10.1. The summed E-state index contributed by atoms with van der Waals surface area (Å²) >= 11 is 0. The van der Waals surface area contributed by atoms with Gasteiger partial charge in [0.05, 0.1) is 6.61 Å². The van der Waals surface area contributed by atoms with Gasteiger partial charge in [0.15, 0.2) is 0 Å². The first-order valence-electron chi connectivity index (χ1n) is 8.32. The third-order valence-electron chi connectivity index (χ3n) is 3.73. The van der Waals surface area contributed by atoms with Crippen LogP contribution in [0.1, 0.15) is 34.1 Å². The highest BCUT2D eigenvalue weighted by molar-refractivity contribution is 5.67. The number of nitrogens with one attached hydrogen (secondary N) is 1. The molecule has 1 amide bonds. The Labute approximate surface area is 139 Å². The van der Waals surface area contributed by atoms with Gasteiger partial charge in [-0.15, -0.1) is 0 Å². The van der Waals surface area contributed by atoms with E-state index in [0.29, 0.717) is 19.1 Å². The molecule has 1 heterocycles. The first kappa shape index (κ1) is 17.4. The maximum absolute atomic E-state index is 11.7. The molecular weight excluding hydrogens is 292 g/mol. The Morgan fingerprint density at radius 3 is 2.61 bits per heavy atom. The van der Waals surface area contributed by atoms with E-state index < -0.39 is 5.60 Å². The van der Waals surface area contributed by atoms with Crippen molar-refractivity contribution in [3.63, 3.8) is 0 Å². The van der Waals surface area contributed by atoms with Gasteiger partial charge >= 0.3 is 6.09 Å². The fraction of sp³-hybridized carbons (Fsp3) is 0.611. The monoisotopic (exact) mass is 320 g/mol. The Hall–Kier alpha value is -1.91. The summed E-state index contributed by atoms with van der Waals surface area (Å²) in [6, 6.07) is 8.19. The SMILES string of the molecule is CCOc1ccc(N2CCC(CNC(=O)OC(C)(C)C)C2)cc1. The topological polar surface area (TPSA) is 50.8 Å². The average molecular weight is 320 g/mol. The number of hydrogen-bond donors (Lipinski definition) is 1. The minimum atomic E-state index is -0.450. The molecule has 1 aromatic rings. The predicted molar refractivity (Wildman–Crippen MR) is 92.2 cm³/mol. The van der Waals surface area contributed by atoms with Crippen LogP contribution in [-0.2, 0) is 4.74 Å². The molecule has 0 saturated carbocycles. The number of rotatable bonds is 5. The van der Waals surface area contributed by atoms with E-state index in [4.69, 9.17) is 9.47 Å². The molecule has 1 fully saturated rings. The van der Waals surface area contributed by atoms with E-state index in [1.165, 1.54) is 5.69 Å². The van der Waals surface area contributed by atoms with Gasteiger partial charge in [-0.2, -0.15) is 0 Å². The van der Waals surface area contributed by atoms with E-state index in [1.54, 1.807) is 0 Å². The Bertz CT molecular complexity index is 508. The van der Waals surface area contributed by atoms with Crippen molar-refractivity contribution in [3.05, 3.63) is 24.3 Å². The molecule has 1 N–H and O–H groups in total. The molecule has 1 aliphatic rings. The fourth-order valence-electron chi connectivity index (χ4n) is 2.70. The molecule has 0 aromatic heterocycles. The van der Waals surface area contributed by atoms with Crippen LogP contribution in [0, 0.1) is 5.92 Å². The van der Waals surface area contributed by atoms with Crippen molar-refractivity contribution >= 4 is 11.8 Å². The molecule has 0 spiro atoms. The lowest BCUT2D eigenvalue weighted by Gasteiger charge is -2.21. The highest BCUT2D eigenvalue weighted by atomic mass is 16.6. The molecule has 5 heteroatoms. The number of carbonyl (C=O) groups is 1. The molecule has 2 rings (SSSR count). The highest BCUT2D eigenvalue weighted by Gasteiger charge is 2.24. The predicted octanol–water partition coefficient (Wildman–Crippen LogP) is 3.44. The summed E-state index contributed by atoms with van der Waals surface area (Å²) in [5.74, 6) is 1.35. The second-order valence-electron chi connectivity index (χ2n) is 6.91. The van der Waals surface area contributed by atoms with Gasteiger partial charge in [0, 0.05) is 25.3 Å². The molecule has 0 radical (unpaired) electrons. The van der Waals surface area contributed by atoms with Gasteiger partial charge in [-0.3, -0.25) is 0 Å².